The SMILES string of the molecule is CS(=O)(=O)N1CCc2c(c(-c3ccc(Cl)c(C#Cc4ccc(CNCc5ccc(Cl)cc5)cc4)c3)nn2CCCN2CCC(F)(F)CC2)C1. The van der Waals surface area contributed by atoms with Crippen molar-refractivity contribution in [2.75, 3.05) is 32.4 Å². The standard InChI is InChI=1S/C37H39Cl2F2N5O2S/c1-49(47,48)45-20-15-35-33(26-45)36(43-46(35)19-2-18-44-21-16-37(40,41)17-22-44)31-11-14-34(39)30(23-31)10-7-27-3-5-28(6-4-27)24-42-25-29-8-12-32(38)13-9-29/h3-6,8-9,11-14,23,42H,2,15-22,24-26H2,1H3. The van der Waals surface area contributed by atoms with Crippen LogP contribution in [-0.4, -0.2) is 65.8 Å². The van der Waals surface area contributed by atoms with Crippen LogP contribution in [0.15, 0.2) is 66.7 Å². The quantitative estimate of drug-likeness (QED) is 0.179. The number of hydrogen-bond donors (Lipinski definition) is 1. The Balaban J connectivity index is 1.17. The summed E-state index contributed by atoms with van der Waals surface area (Å²) in [7, 11) is -3.40. The van der Waals surface area contributed by atoms with E-state index in [1.54, 1.807) is 6.07 Å². The fourth-order valence-electron chi connectivity index (χ4n) is 6.28. The minimum absolute atomic E-state index is 0.105. The zero-order chi connectivity index (χ0) is 34.6. The van der Waals surface area contributed by atoms with Crippen LogP contribution in [0.2, 0.25) is 10.0 Å². The van der Waals surface area contributed by atoms with E-state index in [4.69, 9.17) is 28.3 Å². The molecule has 49 heavy (non-hydrogen) atoms. The highest BCUT2D eigenvalue weighted by Gasteiger charge is 2.34. The number of aryl methyl sites for hydroxylation is 1. The van der Waals surface area contributed by atoms with Gasteiger partial charge in [0.05, 0.1) is 17.0 Å². The fourth-order valence-corrected chi connectivity index (χ4v) is 7.36. The molecule has 0 unspecified atom stereocenters. The Morgan fingerprint density at radius 3 is 2.24 bits per heavy atom. The van der Waals surface area contributed by atoms with Crippen molar-refractivity contribution in [1.29, 1.82) is 0 Å². The average Bonchev–Trinajstić information content (AvgIpc) is 3.44. The van der Waals surface area contributed by atoms with Crippen LogP contribution in [0, 0.1) is 11.8 Å². The molecule has 0 amide bonds. The number of piperidine rings is 1. The zero-order valence-corrected chi connectivity index (χ0v) is 29.7. The maximum absolute atomic E-state index is 13.6. The molecule has 0 atom stereocenters. The minimum Gasteiger partial charge on any atom is -0.309 e. The van der Waals surface area contributed by atoms with E-state index in [0.29, 0.717) is 55.4 Å². The second-order valence-corrected chi connectivity index (χ2v) is 15.6. The van der Waals surface area contributed by atoms with Crippen molar-refractivity contribution >= 4 is 33.2 Å². The van der Waals surface area contributed by atoms with E-state index in [2.05, 4.69) is 22.1 Å². The highest BCUT2D eigenvalue weighted by Crippen LogP contribution is 2.33. The van der Waals surface area contributed by atoms with Gasteiger partial charge in [-0.3, -0.25) is 4.68 Å². The number of alkyl halides is 2. The molecule has 3 heterocycles. The molecular formula is C37H39Cl2F2N5O2S. The van der Waals surface area contributed by atoms with Crippen molar-refractivity contribution in [3.05, 3.63) is 110 Å². The third kappa shape index (κ3) is 9.28. The Kier molecular flexibility index (Phi) is 11.1. The van der Waals surface area contributed by atoms with E-state index in [1.807, 2.05) is 65.3 Å². The van der Waals surface area contributed by atoms with E-state index < -0.39 is 15.9 Å². The summed E-state index contributed by atoms with van der Waals surface area (Å²) in [6.07, 6.45) is 2.31. The molecule has 0 saturated carbocycles. The van der Waals surface area contributed by atoms with Gasteiger partial charge in [-0.1, -0.05) is 65.4 Å². The number of halogens is 4. The summed E-state index contributed by atoms with van der Waals surface area (Å²) >= 11 is 12.6. The van der Waals surface area contributed by atoms with Crippen LogP contribution < -0.4 is 5.32 Å². The summed E-state index contributed by atoms with van der Waals surface area (Å²) in [5, 5.41) is 9.66. The van der Waals surface area contributed by atoms with Crippen LogP contribution in [0.3, 0.4) is 0 Å². The van der Waals surface area contributed by atoms with Crippen molar-refractivity contribution in [3.8, 4) is 23.1 Å². The van der Waals surface area contributed by atoms with Crippen LogP contribution in [0.4, 0.5) is 8.78 Å². The smallest absolute Gasteiger partial charge is 0.250 e. The molecule has 12 heteroatoms. The third-order valence-electron chi connectivity index (χ3n) is 9.11. The van der Waals surface area contributed by atoms with E-state index in [1.165, 1.54) is 10.6 Å². The predicted octanol–water partition coefficient (Wildman–Crippen LogP) is 6.99. The summed E-state index contributed by atoms with van der Waals surface area (Å²) in [6.45, 7) is 4.17. The Morgan fingerprint density at radius 2 is 1.57 bits per heavy atom. The maximum Gasteiger partial charge on any atom is 0.250 e. The lowest BCUT2D eigenvalue weighted by Crippen LogP contribution is -2.40. The molecule has 1 fully saturated rings. The fraction of sp³-hybridized carbons (Fsp3) is 0.378. The lowest BCUT2D eigenvalue weighted by Gasteiger charge is -2.31. The maximum atomic E-state index is 13.6. The first kappa shape index (κ1) is 35.5. The summed E-state index contributed by atoms with van der Waals surface area (Å²) in [4.78, 5) is 2.08. The summed E-state index contributed by atoms with van der Waals surface area (Å²) in [5.41, 5.74) is 7.19. The Bertz CT molecular complexity index is 1950. The Hall–Kier alpha value is -3.30. The molecule has 258 valence electrons. The van der Waals surface area contributed by atoms with Gasteiger partial charge in [0.15, 0.2) is 0 Å². The van der Waals surface area contributed by atoms with E-state index in [-0.39, 0.29) is 19.4 Å². The number of nitrogens with one attached hydrogen (secondary N) is 1. The molecule has 1 aromatic heterocycles. The summed E-state index contributed by atoms with van der Waals surface area (Å²) in [5.74, 6) is 3.87. The van der Waals surface area contributed by atoms with Crippen molar-refractivity contribution in [3.63, 3.8) is 0 Å². The van der Waals surface area contributed by atoms with Gasteiger partial charge >= 0.3 is 0 Å². The predicted molar refractivity (Wildman–Crippen MR) is 191 cm³/mol. The first-order chi connectivity index (χ1) is 23.4. The summed E-state index contributed by atoms with van der Waals surface area (Å²) < 4.78 is 55.7. The number of nitrogens with zero attached hydrogens (tertiary/aromatic N) is 4. The van der Waals surface area contributed by atoms with Gasteiger partial charge < -0.3 is 10.2 Å². The topological polar surface area (TPSA) is 70.5 Å². The molecule has 0 spiro atoms. The third-order valence-corrected chi connectivity index (χ3v) is 10.9. The van der Waals surface area contributed by atoms with Gasteiger partial charge in [-0.15, -0.1) is 0 Å². The van der Waals surface area contributed by atoms with Gasteiger partial charge in [0.1, 0.15) is 0 Å². The van der Waals surface area contributed by atoms with Gasteiger partial charge in [-0.2, -0.15) is 9.40 Å². The molecule has 2 aliphatic heterocycles. The molecule has 1 N–H and O–H groups in total. The van der Waals surface area contributed by atoms with Crippen molar-refractivity contribution in [2.45, 2.75) is 57.8 Å². The number of benzene rings is 3. The van der Waals surface area contributed by atoms with Crippen LogP contribution >= 0.6 is 23.2 Å². The van der Waals surface area contributed by atoms with E-state index in [9.17, 15) is 17.2 Å². The van der Waals surface area contributed by atoms with Gasteiger partial charge in [-0.05, 0) is 60.5 Å². The van der Waals surface area contributed by atoms with Crippen molar-refractivity contribution < 1.29 is 17.2 Å². The highest BCUT2D eigenvalue weighted by atomic mass is 35.5. The number of likely N-dealkylation sites (tertiary alicyclic amines) is 1. The van der Waals surface area contributed by atoms with Crippen molar-refractivity contribution in [2.24, 2.45) is 0 Å². The number of fused-ring (bicyclic) bond motifs is 1. The minimum atomic E-state index is -3.40. The lowest BCUT2D eigenvalue weighted by atomic mass is 10.0. The molecule has 7 nitrogen and oxygen atoms in total. The van der Waals surface area contributed by atoms with Gasteiger partial charge in [-0.25, -0.2) is 17.2 Å². The molecule has 4 aromatic rings. The van der Waals surface area contributed by atoms with E-state index in [0.717, 1.165) is 58.0 Å². The van der Waals surface area contributed by atoms with Crippen molar-refractivity contribution in [1.82, 2.24) is 24.3 Å². The molecule has 0 aliphatic carbocycles. The molecule has 0 bridgehead atoms. The molecule has 6 rings (SSSR count). The molecule has 0 radical (unpaired) electrons. The first-order valence-corrected chi connectivity index (χ1v) is 19.0. The van der Waals surface area contributed by atoms with Gasteiger partial charge in [0, 0.05) is 98.0 Å². The second kappa shape index (κ2) is 15.3. The summed E-state index contributed by atoms with van der Waals surface area (Å²) in [6, 6.07) is 21.4. The van der Waals surface area contributed by atoms with Crippen LogP contribution in [0.1, 0.15) is 52.8 Å². The Morgan fingerprint density at radius 1 is 0.898 bits per heavy atom. The molecular weight excluding hydrogens is 687 g/mol. The van der Waals surface area contributed by atoms with E-state index >= 15 is 0 Å². The second-order valence-electron chi connectivity index (χ2n) is 12.8. The average molecular weight is 727 g/mol. The van der Waals surface area contributed by atoms with Crippen LogP contribution in [0.5, 0.6) is 0 Å². The van der Waals surface area contributed by atoms with Gasteiger partial charge in [0.2, 0.25) is 10.0 Å². The normalized spacial score (nSPS) is 16.6. The van der Waals surface area contributed by atoms with Crippen LogP contribution in [-0.2, 0) is 42.6 Å². The number of rotatable bonds is 10. The monoisotopic (exact) mass is 725 g/mol. The molecule has 3 aromatic carbocycles. The van der Waals surface area contributed by atoms with Gasteiger partial charge in [0.25, 0.3) is 5.92 Å². The number of sulfonamides is 1. The highest BCUT2D eigenvalue weighted by molar-refractivity contribution is 7.88. The molecule has 2 aliphatic rings. The lowest BCUT2D eigenvalue weighted by molar-refractivity contribution is -0.0553. The number of hydrogen-bond acceptors (Lipinski definition) is 5. The zero-order valence-electron chi connectivity index (χ0n) is 27.4. The van der Waals surface area contributed by atoms with Crippen LogP contribution in [0.25, 0.3) is 11.3 Å². The Labute approximate surface area is 297 Å². The first-order valence-electron chi connectivity index (χ1n) is 16.4. The number of aromatic nitrogens is 2. The molecule has 1 saturated heterocycles. The largest absolute Gasteiger partial charge is 0.309 e.